The summed E-state index contributed by atoms with van der Waals surface area (Å²) in [7, 11) is 0. The number of unbranched alkanes of at least 4 members (excludes halogenated alkanes) is 29. The second-order valence-corrected chi connectivity index (χ2v) is 17.8. The van der Waals surface area contributed by atoms with E-state index in [0.717, 1.165) is 89.9 Å². The van der Waals surface area contributed by atoms with E-state index in [1.54, 1.807) is 0 Å². The largest absolute Gasteiger partial charge is 0.462 e. The minimum atomic E-state index is -0.767. The van der Waals surface area contributed by atoms with Crippen molar-refractivity contribution in [1.82, 2.24) is 0 Å². The molecule has 0 fully saturated rings. The fraction of sp³-hybridized carbons (Fsp3) is 0.804. The van der Waals surface area contributed by atoms with Gasteiger partial charge in [0.1, 0.15) is 13.2 Å². The van der Waals surface area contributed by atoms with Gasteiger partial charge < -0.3 is 14.2 Å². The topological polar surface area (TPSA) is 78.9 Å². The van der Waals surface area contributed by atoms with Crippen molar-refractivity contribution in [3.8, 4) is 0 Å². The maximum Gasteiger partial charge on any atom is 0.306 e. The SMILES string of the molecule is CC/C=C\C/C=C\C/C=C\C/C=C\CCCCCCCCCCCCC(=O)OCC(COC(=O)CCCCCCC)OC(=O)CCCCCCCCCCCCCCCCCC. The molecule has 1 unspecified atom stereocenters. The summed E-state index contributed by atoms with van der Waals surface area (Å²) in [5.41, 5.74) is 0. The van der Waals surface area contributed by atoms with Crippen LogP contribution in [0.15, 0.2) is 48.6 Å². The van der Waals surface area contributed by atoms with E-state index in [2.05, 4.69) is 69.4 Å². The van der Waals surface area contributed by atoms with Crippen molar-refractivity contribution in [2.24, 2.45) is 0 Å². The zero-order valence-corrected chi connectivity index (χ0v) is 41.1. The highest BCUT2D eigenvalue weighted by molar-refractivity contribution is 5.71. The molecule has 0 N–H and O–H groups in total. The van der Waals surface area contributed by atoms with Crippen LogP contribution in [0.3, 0.4) is 0 Å². The Bertz CT molecular complexity index is 1090. The van der Waals surface area contributed by atoms with Gasteiger partial charge in [-0.25, -0.2) is 0 Å². The van der Waals surface area contributed by atoms with Crippen molar-refractivity contribution in [3.05, 3.63) is 48.6 Å². The van der Waals surface area contributed by atoms with Gasteiger partial charge in [-0.15, -0.1) is 0 Å². The Labute approximate surface area is 384 Å². The number of carbonyl (C=O) groups excluding carboxylic acids is 3. The van der Waals surface area contributed by atoms with E-state index in [1.165, 1.54) is 141 Å². The van der Waals surface area contributed by atoms with Crippen molar-refractivity contribution in [2.75, 3.05) is 13.2 Å². The Morgan fingerprint density at radius 1 is 0.339 bits per heavy atom. The normalized spacial score (nSPS) is 12.4. The summed E-state index contributed by atoms with van der Waals surface area (Å²) >= 11 is 0. The lowest BCUT2D eigenvalue weighted by Crippen LogP contribution is -2.30. The van der Waals surface area contributed by atoms with Crippen LogP contribution < -0.4 is 0 Å². The molecule has 0 aliphatic carbocycles. The number of hydrogen-bond donors (Lipinski definition) is 0. The fourth-order valence-corrected chi connectivity index (χ4v) is 7.61. The van der Waals surface area contributed by atoms with Crippen molar-refractivity contribution in [3.63, 3.8) is 0 Å². The molecule has 360 valence electrons. The van der Waals surface area contributed by atoms with Gasteiger partial charge in [0.05, 0.1) is 0 Å². The number of ether oxygens (including phenoxy) is 3. The third kappa shape index (κ3) is 48.4. The molecule has 0 aromatic carbocycles. The molecule has 1 atom stereocenters. The first-order chi connectivity index (χ1) is 30.5. The molecule has 6 nitrogen and oxygen atoms in total. The lowest BCUT2D eigenvalue weighted by molar-refractivity contribution is -0.167. The van der Waals surface area contributed by atoms with Gasteiger partial charge in [0.2, 0.25) is 0 Å². The van der Waals surface area contributed by atoms with Crippen LogP contribution >= 0.6 is 0 Å². The molecule has 0 aromatic rings. The van der Waals surface area contributed by atoms with Gasteiger partial charge in [-0.3, -0.25) is 14.4 Å². The lowest BCUT2D eigenvalue weighted by Gasteiger charge is -2.18. The predicted octanol–water partition coefficient (Wildman–Crippen LogP) is 17.5. The number of allylic oxidation sites excluding steroid dienone is 8. The fourth-order valence-electron chi connectivity index (χ4n) is 7.61. The van der Waals surface area contributed by atoms with Crippen molar-refractivity contribution < 1.29 is 28.6 Å². The van der Waals surface area contributed by atoms with Crippen LogP contribution in [0.1, 0.15) is 271 Å². The van der Waals surface area contributed by atoms with E-state index in [9.17, 15) is 14.4 Å². The van der Waals surface area contributed by atoms with E-state index >= 15 is 0 Å². The van der Waals surface area contributed by atoms with Gasteiger partial charge in [-0.1, -0.05) is 243 Å². The summed E-state index contributed by atoms with van der Waals surface area (Å²) in [6.45, 7) is 6.46. The molecule has 0 spiro atoms. The summed E-state index contributed by atoms with van der Waals surface area (Å²) in [5, 5.41) is 0. The summed E-state index contributed by atoms with van der Waals surface area (Å²) in [6.07, 6.45) is 61.4. The van der Waals surface area contributed by atoms with Crippen LogP contribution in [-0.2, 0) is 28.6 Å². The molecule has 0 amide bonds. The highest BCUT2D eigenvalue weighted by atomic mass is 16.6. The number of hydrogen-bond acceptors (Lipinski definition) is 6. The zero-order chi connectivity index (χ0) is 45.1. The first-order valence-corrected chi connectivity index (χ1v) is 26.6. The average Bonchev–Trinajstić information content (AvgIpc) is 3.27. The summed E-state index contributed by atoms with van der Waals surface area (Å²) in [4.78, 5) is 37.7. The second-order valence-electron chi connectivity index (χ2n) is 17.8. The maximum atomic E-state index is 12.7. The Hall–Kier alpha value is -2.63. The third-order valence-electron chi connectivity index (χ3n) is 11.6. The molecule has 6 heteroatoms. The first-order valence-electron chi connectivity index (χ1n) is 26.6. The van der Waals surface area contributed by atoms with Crippen LogP contribution in [0, 0.1) is 0 Å². The summed E-state index contributed by atoms with van der Waals surface area (Å²) in [5.74, 6) is -0.880. The molecular formula is C56H100O6. The van der Waals surface area contributed by atoms with Crippen molar-refractivity contribution in [2.45, 2.75) is 277 Å². The standard InChI is InChI=1S/C56H100O6/c1-4-7-10-13-15-17-19-21-23-25-26-27-28-29-30-31-33-34-36-38-40-43-46-49-55(58)61-52-53(51-60-54(57)48-45-42-12-9-6-3)62-56(59)50-47-44-41-39-37-35-32-24-22-20-18-16-14-11-8-5-2/h7,10,15,17,21,23,26-27,53H,4-6,8-9,11-14,16,18-20,22,24-25,28-52H2,1-3H3/b10-7-,17-15-,23-21-,27-26-. The molecule has 0 bridgehead atoms. The van der Waals surface area contributed by atoms with E-state index in [0.29, 0.717) is 19.3 Å². The minimum absolute atomic E-state index is 0.0724. The lowest BCUT2D eigenvalue weighted by atomic mass is 10.0. The smallest absolute Gasteiger partial charge is 0.306 e. The van der Waals surface area contributed by atoms with Crippen molar-refractivity contribution in [1.29, 1.82) is 0 Å². The Morgan fingerprint density at radius 3 is 0.984 bits per heavy atom. The number of esters is 3. The predicted molar refractivity (Wildman–Crippen MR) is 265 cm³/mol. The molecule has 62 heavy (non-hydrogen) atoms. The monoisotopic (exact) mass is 869 g/mol. The van der Waals surface area contributed by atoms with Crippen LogP contribution in [0.5, 0.6) is 0 Å². The molecule has 0 saturated carbocycles. The van der Waals surface area contributed by atoms with E-state index in [4.69, 9.17) is 14.2 Å². The van der Waals surface area contributed by atoms with Crippen molar-refractivity contribution >= 4 is 17.9 Å². The highest BCUT2D eigenvalue weighted by Crippen LogP contribution is 2.16. The molecule has 0 saturated heterocycles. The quantitative estimate of drug-likeness (QED) is 0.0262. The summed E-state index contributed by atoms with van der Waals surface area (Å²) < 4.78 is 16.7. The number of carbonyl (C=O) groups is 3. The number of rotatable bonds is 48. The average molecular weight is 869 g/mol. The minimum Gasteiger partial charge on any atom is -0.462 e. The molecular weight excluding hydrogens is 769 g/mol. The third-order valence-corrected chi connectivity index (χ3v) is 11.6. The highest BCUT2D eigenvalue weighted by Gasteiger charge is 2.19. The van der Waals surface area contributed by atoms with Gasteiger partial charge in [-0.05, 0) is 57.8 Å². The Balaban J connectivity index is 4.10. The van der Waals surface area contributed by atoms with E-state index in [1.807, 2.05) is 0 Å². The van der Waals surface area contributed by atoms with Crippen LogP contribution in [0.2, 0.25) is 0 Å². The van der Waals surface area contributed by atoms with Gasteiger partial charge in [0.15, 0.2) is 6.10 Å². The summed E-state index contributed by atoms with van der Waals surface area (Å²) in [6, 6.07) is 0. The molecule has 0 radical (unpaired) electrons. The second kappa shape index (κ2) is 51.0. The maximum absolute atomic E-state index is 12.7. The Morgan fingerprint density at radius 2 is 0.629 bits per heavy atom. The molecule has 0 rings (SSSR count). The van der Waals surface area contributed by atoms with Gasteiger partial charge in [0.25, 0.3) is 0 Å². The van der Waals surface area contributed by atoms with Gasteiger partial charge in [0, 0.05) is 19.3 Å². The first kappa shape index (κ1) is 59.4. The zero-order valence-electron chi connectivity index (χ0n) is 41.1. The van der Waals surface area contributed by atoms with Crippen LogP contribution in [-0.4, -0.2) is 37.2 Å². The van der Waals surface area contributed by atoms with Crippen LogP contribution in [0.25, 0.3) is 0 Å². The molecule has 0 heterocycles. The van der Waals surface area contributed by atoms with E-state index in [-0.39, 0.29) is 31.1 Å². The molecule has 0 aromatic heterocycles. The van der Waals surface area contributed by atoms with E-state index < -0.39 is 6.10 Å². The van der Waals surface area contributed by atoms with Crippen LogP contribution in [0.4, 0.5) is 0 Å². The van der Waals surface area contributed by atoms with Gasteiger partial charge in [-0.2, -0.15) is 0 Å². The van der Waals surface area contributed by atoms with Gasteiger partial charge >= 0.3 is 17.9 Å². The Kier molecular flexibility index (Phi) is 48.8. The molecule has 0 aliphatic heterocycles. The molecule has 0 aliphatic rings.